The van der Waals surface area contributed by atoms with E-state index in [1.54, 1.807) is 6.08 Å². The van der Waals surface area contributed by atoms with Crippen LogP contribution < -0.4 is 0 Å². The normalized spacial score (nSPS) is 10.4. The van der Waals surface area contributed by atoms with E-state index in [2.05, 4.69) is 0 Å². The second-order valence-corrected chi connectivity index (χ2v) is 4.38. The lowest BCUT2D eigenvalue weighted by atomic mass is 10.0. The number of nitrogens with zero attached hydrogens (tertiary/aromatic N) is 1. The zero-order valence-corrected chi connectivity index (χ0v) is 10.7. The van der Waals surface area contributed by atoms with E-state index in [0.29, 0.717) is 0 Å². The van der Waals surface area contributed by atoms with Crippen LogP contribution in [0.15, 0.2) is 36.0 Å². The van der Waals surface area contributed by atoms with Gasteiger partial charge < -0.3 is 4.57 Å². The number of aromatic nitrogens is 1. The van der Waals surface area contributed by atoms with Crippen LogP contribution >= 0.6 is 0 Å². The number of para-hydroxylation sites is 1. The number of hydrogen-bond acceptors (Lipinski definition) is 2. The first kappa shape index (κ1) is 12.3. The Hall–Kier alpha value is -2.16. The molecule has 0 bridgehead atoms. The Labute approximate surface area is 106 Å². The largest absolute Gasteiger partial charge is 0.350 e. The van der Waals surface area contributed by atoms with Gasteiger partial charge in [0.1, 0.15) is 0 Å². The molecular formula is C15H15NO2. The minimum Gasteiger partial charge on any atom is -0.350 e. The van der Waals surface area contributed by atoms with E-state index in [1.807, 2.05) is 42.1 Å². The van der Waals surface area contributed by atoms with Gasteiger partial charge in [-0.15, -0.1) is 0 Å². The zero-order chi connectivity index (χ0) is 13.3. The first-order chi connectivity index (χ1) is 8.50. The van der Waals surface area contributed by atoms with Crippen LogP contribution in [0.1, 0.15) is 19.4 Å². The number of fused-ring (bicyclic) bond motifs is 1. The monoisotopic (exact) mass is 241 g/mol. The van der Waals surface area contributed by atoms with Crippen molar-refractivity contribution in [3.05, 3.63) is 41.6 Å². The van der Waals surface area contributed by atoms with Gasteiger partial charge in [0.15, 0.2) is 11.6 Å². The highest BCUT2D eigenvalue weighted by atomic mass is 16.1. The summed E-state index contributed by atoms with van der Waals surface area (Å²) in [4.78, 5) is 22.9. The summed E-state index contributed by atoms with van der Waals surface area (Å²) < 4.78 is 1.99. The van der Waals surface area contributed by atoms with Crippen LogP contribution in [0.25, 0.3) is 17.0 Å². The van der Waals surface area contributed by atoms with Gasteiger partial charge in [-0.3, -0.25) is 9.59 Å². The molecule has 0 aliphatic carbocycles. The molecule has 0 saturated heterocycles. The van der Waals surface area contributed by atoms with Crippen molar-refractivity contribution >= 4 is 28.5 Å². The fraction of sp³-hybridized carbons (Fsp3) is 0.200. The van der Waals surface area contributed by atoms with Crippen molar-refractivity contribution in [2.45, 2.75) is 13.8 Å². The zero-order valence-electron chi connectivity index (χ0n) is 10.7. The van der Waals surface area contributed by atoms with Gasteiger partial charge in [-0.1, -0.05) is 18.2 Å². The van der Waals surface area contributed by atoms with Crippen LogP contribution in [0.2, 0.25) is 0 Å². The minimum atomic E-state index is -0.199. The Kier molecular flexibility index (Phi) is 3.15. The highest BCUT2D eigenvalue weighted by Gasteiger charge is 2.11. The van der Waals surface area contributed by atoms with Crippen LogP contribution in [-0.4, -0.2) is 16.1 Å². The van der Waals surface area contributed by atoms with E-state index in [4.69, 9.17) is 0 Å². The summed E-state index contributed by atoms with van der Waals surface area (Å²) in [7, 11) is 1.95. The van der Waals surface area contributed by atoms with Gasteiger partial charge in [0.05, 0.1) is 5.57 Å². The van der Waals surface area contributed by atoms with Crippen LogP contribution in [0, 0.1) is 0 Å². The molecular weight excluding hydrogens is 226 g/mol. The molecule has 0 spiro atoms. The third-order valence-corrected chi connectivity index (χ3v) is 2.99. The molecule has 0 unspecified atom stereocenters. The van der Waals surface area contributed by atoms with Crippen LogP contribution in [0.3, 0.4) is 0 Å². The maximum atomic E-state index is 11.4. The molecule has 0 radical (unpaired) electrons. The molecule has 0 N–H and O–H groups in total. The predicted molar refractivity (Wildman–Crippen MR) is 72.3 cm³/mol. The number of allylic oxidation sites excluding steroid dienone is 1. The average molecular weight is 241 g/mol. The summed E-state index contributed by atoms with van der Waals surface area (Å²) in [5.74, 6) is -0.397. The fourth-order valence-electron chi connectivity index (χ4n) is 2.09. The van der Waals surface area contributed by atoms with Crippen LogP contribution in [0.4, 0.5) is 0 Å². The van der Waals surface area contributed by atoms with E-state index in [9.17, 15) is 9.59 Å². The number of ketones is 2. The third-order valence-electron chi connectivity index (χ3n) is 2.99. The summed E-state index contributed by atoms with van der Waals surface area (Å²) >= 11 is 0. The summed E-state index contributed by atoms with van der Waals surface area (Å²) in [6, 6.07) is 7.90. The van der Waals surface area contributed by atoms with E-state index in [0.717, 1.165) is 16.5 Å². The molecule has 0 atom stereocenters. The second kappa shape index (κ2) is 4.61. The van der Waals surface area contributed by atoms with Gasteiger partial charge in [0.25, 0.3) is 0 Å². The molecule has 2 rings (SSSR count). The number of benzene rings is 1. The predicted octanol–water partition coefficient (Wildman–Crippen LogP) is 2.74. The van der Waals surface area contributed by atoms with Crippen molar-refractivity contribution in [2.75, 3.05) is 0 Å². The number of rotatable bonds is 3. The Morgan fingerprint density at radius 3 is 2.33 bits per heavy atom. The van der Waals surface area contributed by atoms with Gasteiger partial charge >= 0.3 is 0 Å². The number of carbonyl (C=O) groups is 2. The first-order valence-corrected chi connectivity index (χ1v) is 5.78. The summed E-state index contributed by atoms with van der Waals surface area (Å²) in [5, 5.41) is 1.04. The van der Waals surface area contributed by atoms with E-state index in [-0.39, 0.29) is 17.1 Å². The van der Waals surface area contributed by atoms with Crippen molar-refractivity contribution in [1.29, 1.82) is 0 Å². The van der Waals surface area contributed by atoms with E-state index in [1.165, 1.54) is 13.8 Å². The quantitative estimate of drug-likeness (QED) is 0.471. The van der Waals surface area contributed by atoms with Crippen molar-refractivity contribution in [3.63, 3.8) is 0 Å². The lowest BCUT2D eigenvalue weighted by molar-refractivity contribution is -0.119. The highest BCUT2D eigenvalue weighted by Crippen LogP contribution is 2.22. The topological polar surface area (TPSA) is 39.1 Å². The molecule has 0 aliphatic heterocycles. The van der Waals surface area contributed by atoms with Gasteiger partial charge in [-0.05, 0) is 26.0 Å². The Morgan fingerprint density at radius 1 is 1.11 bits per heavy atom. The van der Waals surface area contributed by atoms with Gasteiger partial charge in [0.2, 0.25) is 0 Å². The van der Waals surface area contributed by atoms with E-state index >= 15 is 0 Å². The van der Waals surface area contributed by atoms with Gasteiger partial charge in [-0.25, -0.2) is 0 Å². The first-order valence-electron chi connectivity index (χ1n) is 5.78. The third kappa shape index (κ3) is 2.12. The molecule has 3 nitrogen and oxygen atoms in total. The number of hydrogen-bond donors (Lipinski definition) is 0. The van der Waals surface area contributed by atoms with Crippen molar-refractivity contribution in [3.8, 4) is 0 Å². The SMILES string of the molecule is CC(=O)C(=Cc1cn(C)c2ccccc12)C(C)=O. The fourth-order valence-corrected chi connectivity index (χ4v) is 2.09. The number of Topliss-reactive ketones (excluding diaryl/α,β-unsaturated/α-hetero) is 2. The number of carbonyl (C=O) groups excluding carboxylic acids is 2. The molecule has 0 amide bonds. The van der Waals surface area contributed by atoms with Crippen LogP contribution in [-0.2, 0) is 16.6 Å². The summed E-state index contributed by atoms with van der Waals surface area (Å²) in [6.07, 6.45) is 3.60. The Morgan fingerprint density at radius 2 is 1.72 bits per heavy atom. The smallest absolute Gasteiger partial charge is 0.163 e. The molecule has 18 heavy (non-hydrogen) atoms. The van der Waals surface area contributed by atoms with Crippen molar-refractivity contribution in [2.24, 2.45) is 7.05 Å². The molecule has 1 aromatic carbocycles. The molecule has 0 aliphatic rings. The summed E-state index contributed by atoms with van der Waals surface area (Å²) in [5.41, 5.74) is 2.22. The molecule has 92 valence electrons. The lowest BCUT2D eigenvalue weighted by Crippen LogP contribution is -2.05. The molecule has 1 heterocycles. The second-order valence-electron chi connectivity index (χ2n) is 4.38. The molecule has 3 heteroatoms. The highest BCUT2D eigenvalue weighted by molar-refractivity contribution is 6.22. The molecule has 0 fully saturated rings. The summed E-state index contributed by atoms with van der Waals surface area (Å²) in [6.45, 7) is 2.83. The van der Waals surface area contributed by atoms with E-state index < -0.39 is 0 Å². The molecule has 2 aromatic rings. The van der Waals surface area contributed by atoms with Crippen LogP contribution in [0.5, 0.6) is 0 Å². The lowest BCUT2D eigenvalue weighted by Gasteiger charge is -1.97. The average Bonchev–Trinajstić information content (AvgIpc) is 2.63. The van der Waals surface area contributed by atoms with Gasteiger partial charge in [0, 0.05) is 29.7 Å². The Balaban J connectivity index is 2.65. The maximum absolute atomic E-state index is 11.4. The van der Waals surface area contributed by atoms with Gasteiger partial charge in [-0.2, -0.15) is 0 Å². The van der Waals surface area contributed by atoms with Crippen molar-refractivity contribution in [1.82, 2.24) is 4.57 Å². The minimum absolute atomic E-state index is 0.199. The number of aryl methyl sites for hydroxylation is 1. The maximum Gasteiger partial charge on any atom is 0.163 e. The Bertz CT molecular complexity index is 646. The standard InChI is InChI=1S/C15H15NO2/c1-10(17)14(11(2)18)8-12-9-16(3)15-7-5-4-6-13(12)15/h4-9H,1-3H3. The molecule has 1 aromatic heterocycles. The van der Waals surface area contributed by atoms with Crippen molar-refractivity contribution < 1.29 is 9.59 Å². The molecule has 0 saturated carbocycles.